The molecule has 6 heterocycles. The number of hydrazine groups is 1. The summed E-state index contributed by atoms with van der Waals surface area (Å²) < 4.78 is 13.2. The zero-order valence-corrected chi connectivity index (χ0v) is 39.0. The van der Waals surface area contributed by atoms with Crippen LogP contribution in [-0.2, 0) is 53.3 Å². The number of hydrogen-bond donors (Lipinski definition) is 2. The lowest BCUT2D eigenvalue weighted by atomic mass is 9.84. The van der Waals surface area contributed by atoms with Gasteiger partial charge in [0.15, 0.2) is 0 Å². The van der Waals surface area contributed by atoms with E-state index in [-0.39, 0.29) is 48.7 Å². The van der Waals surface area contributed by atoms with Crippen LogP contribution in [0, 0.1) is 16.7 Å². The molecule has 0 aliphatic carbocycles. The summed E-state index contributed by atoms with van der Waals surface area (Å²) in [6, 6.07) is 8.52. The number of benzene rings is 1. The van der Waals surface area contributed by atoms with Gasteiger partial charge in [-0.3, -0.25) is 34.0 Å². The third-order valence-corrected chi connectivity index (χ3v) is 14.0. The smallest absolute Gasteiger partial charge is 0.293 e. The molecule has 2 N–H and O–H groups in total. The van der Waals surface area contributed by atoms with E-state index < -0.39 is 22.9 Å². The first kappa shape index (κ1) is 46.5. The molecule has 3 aromatic heterocycles. The first-order chi connectivity index (χ1) is 30.6. The lowest BCUT2D eigenvalue weighted by Crippen LogP contribution is -2.59. The maximum absolute atomic E-state index is 14.4. The minimum absolute atomic E-state index is 0.125. The van der Waals surface area contributed by atoms with Crippen molar-refractivity contribution < 1.29 is 33.4 Å². The Labute approximate surface area is 379 Å². The average Bonchev–Trinajstić information content (AvgIpc) is 4.08. The van der Waals surface area contributed by atoms with Gasteiger partial charge in [-0.05, 0) is 80.9 Å². The quantitative estimate of drug-likeness (QED) is 0.100. The number of aromatic nitrogens is 3. The summed E-state index contributed by atoms with van der Waals surface area (Å²) in [4.78, 5) is 79.7. The van der Waals surface area contributed by atoms with Gasteiger partial charge in [0.25, 0.3) is 12.4 Å². The van der Waals surface area contributed by atoms with Gasteiger partial charge in [-0.1, -0.05) is 40.3 Å². The van der Waals surface area contributed by atoms with Crippen molar-refractivity contribution in [2.24, 2.45) is 23.8 Å². The van der Waals surface area contributed by atoms with Crippen LogP contribution in [0.15, 0.2) is 54.6 Å². The SMILES string of the molecule is C=CC(=O)N1CCC2(CCN([C@H](C(=O)N[C@@H](Cc3nc(-c4ccc5c(c4)c(CC(C)(C)COC=O)c(-c4cccnc4[C@H](C)OC)n5C)cs3)C(=O)N3CCCCN3)C(C)C)C2=O)C1. The summed E-state index contributed by atoms with van der Waals surface area (Å²) in [7, 11) is 3.72. The van der Waals surface area contributed by atoms with E-state index >= 15 is 0 Å². The summed E-state index contributed by atoms with van der Waals surface area (Å²) in [5.41, 5.74) is 8.55. The number of nitrogens with zero attached hydrogens (tertiary/aromatic N) is 6. The van der Waals surface area contributed by atoms with E-state index in [1.54, 1.807) is 28.1 Å². The van der Waals surface area contributed by atoms with Gasteiger partial charge in [-0.25, -0.2) is 10.4 Å². The largest absolute Gasteiger partial charge is 0.467 e. The lowest BCUT2D eigenvalue weighted by Gasteiger charge is -2.34. The van der Waals surface area contributed by atoms with Crippen LogP contribution in [0.5, 0.6) is 0 Å². The van der Waals surface area contributed by atoms with Crippen molar-refractivity contribution in [3.8, 4) is 22.5 Å². The molecule has 3 aliphatic rings. The number of nitrogens with one attached hydrogen (secondary N) is 2. The highest BCUT2D eigenvalue weighted by molar-refractivity contribution is 7.10. The fourth-order valence-corrected chi connectivity index (χ4v) is 10.6. The van der Waals surface area contributed by atoms with Crippen molar-refractivity contribution in [3.63, 3.8) is 0 Å². The van der Waals surface area contributed by atoms with Crippen LogP contribution in [0.1, 0.15) is 82.7 Å². The molecule has 1 unspecified atom stereocenters. The summed E-state index contributed by atoms with van der Waals surface area (Å²) in [5, 5.41) is 8.36. The maximum Gasteiger partial charge on any atom is 0.293 e. The number of amides is 4. The molecule has 4 amide bonds. The minimum Gasteiger partial charge on any atom is -0.467 e. The Bertz CT molecular complexity index is 2400. The number of carbonyl (C=O) groups is 5. The molecule has 1 aromatic carbocycles. The second-order valence-corrected chi connectivity index (χ2v) is 19.6. The Morgan fingerprint density at radius 2 is 1.89 bits per heavy atom. The van der Waals surface area contributed by atoms with Gasteiger partial charge in [-0.15, -0.1) is 11.3 Å². The molecular weight excluding hydrogens is 833 g/mol. The molecule has 3 fully saturated rings. The van der Waals surface area contributed by atoms with Gasteiger partial charge >= 0.3 is 0 Å². The number of rotatable bonds is 17. The van der Waals surface area contributed by atoms with Gasteiger partial charge in [0.05, 0.1) is 40.2 Å². The molecule has 0 bridgehead atoms. The maximum atomic E-state index is 14.4. The molecule has 1 spiro atoms. The number of aryl methyl sites for hydroxylation is 1. The van der Waals surface area contributed by atoms with Crippen LogP contribution in [-0.4, -0.2) is 118 Å². The highest BCUT2D eigenvalue weighted by Gasteiger charge is 2.54. The number of hydrogen-bond acceptors (Lipinski definition) is 11. The molecule has 0 radical (unpaired) electrons. The van der Waals surface area contributed by atoms with Crippen LogP contribution < -0.4 is 10.7 Å². The molecule has 4 atom stereocenters. The number of likely N-dealkylation sites (tertiary alicyclic amines) is 2. The van der Waals surface area contributed by atoms with Gasteiger partial charge in [0.1, 0.15) is 12.1 Å². The Balaban J connectivity index is 1.19. The van der Waals surface area contributed by atoms with Crippen molar-refractivity contribution in [1.82, 2.24) is 40.1 Å². The fourth-order valence-electron chi connectivity index (χ4n) is 9.76. The van der Waals surface area contributed by atoms with E-state index in [9.17, 15) is 24.0 Å². The van der Waals surface area contributed by atoms with Crippen LogP contribution >= 0.6 is 11.3 Å². The second-order valence-electron chi connectivity index (χ2n) is 18.6. The van der Waals surface area contributed by atoms with Crippen molar-refractivity contribution in [2.75, 3.05) is 46.4 Å². The Hall–Kier alpha value is -5.45. The second kappa shape index (κ2) is 19.3. The van der Waals surface area contributed by atoms with E-state index in [4.69, 9.17) is 19.4 Å². The third-order valence-electron chi connectivity index (χ3n) is 13.2. The first-order valence-electron chi connectivity index (χ1n) is 22.3. The average molecular weight is 895 g/mol. The standard InChI is InChI=1S/C48H62N8O7S/c1-9-40(58)54-21-16-48(27-54)17-22-55(46(48)61)42(30(2)3)44(59)52-36(45(60)56-20-11-10-19-50-56)24-39-51-37(26-64-39)32-14-15-38-34(23-32)35(25-47(5,6)28-63-29-57)43(53(38)7)33-13-12-18-49-41(33)31(4)62-8/h9,12-15,18,23,26,29-31,36,42,50H,1,10-11,16-17,19-22,24-25,27-28H2,2-8H3,(H,52,59)/t31-,36-,42-,48?/m0/s1. The zero-order valence-electron chi connectivity index (χ0n) is 38.1. The molecule has 15 nitrogen and oxygen atoms in total. The molecule has 64 heavy (non-hydrogen) atoms. The highest BCUT2D eigenvalue weighted by atomic mass is 32.1. The molecule has 4 aromatic rings. The van der Waals surface area contributed by atoms with E-state index in [2.05, 4.69) is 53.9 Å². The van der Waals surface area contributed by atoms with E-state index in [0.717, 1.165) is 57.5 Å². The number of thiazole rings is 1. The number of ether oxygens (including phenoxy) is 2. The van der Waals surface area contributed by atoms with Gasteiger partial charge in [0, 0.05) is 92.3 Å². The predicted octanol–water partition coefficient (Wildman–Crippen LogP) is 5.63. The summed E-state index contributed by atoms with van der Waals surface area (Å²) in [6.07, 6.45) is 6.41. The van der Waals surface area contributed by atoms with E-state index in [0.29, 0.717) is 63.5 Å². The highest BCUT2D eigenvalue weighted by Crippen LogP contribution is 2.43. The molecule has 7 rings (SSSR count). The zero-order chi connectivity index (χ0) is 45.9. The van der Waals surface area contributed by atoms with Gasteiger partial charge < -0.3 is 29.2 Å². The minimum atomic E-state index is -0.943. The molecule has 3 saturated heterocycles. The Kier molecular flexibility index (Phi) is 14.1. The van der Waals surface area contributed by atoms with E-state index in [1.807, 2.05) is 45.3 Å². The van der Waals surface area contributed by atoms with Gasteiger partial charge in [0.2, 0.25) is 17.7 Å². The summed E-state index contributed by atoms with van der Waals surface area (Å²) in [5.74, 6) is -1.21. The molecule has 342 valence electrons. The molecule has 16 heteroatoms. The van der Waals surface area contributed by atoms with Crippen molar-refractivity contribution >= 4 is 52.3 Å². The fraction of sp³-hybridized carbons (Fsp3) is 0.521. The van der Waals surface area contributed by atoms with Crippen LogP contribution in [0.2, 0.25) is 0 Å². The van der Waals surface area contributed by atoms with Crippen molar-refractivity contribution in [3.05, 3.63) is 70.8 Å². The number of pyridine rings is 1. The van der Waals surface area contributed by atoms with Crippen LogP contribution in [0.4, 0.5) is 0 Å². The van der Waals surface area contributed by atoms with E-state index in [1.165, 1.54) is 17.4 Å². The molecular formula is C48H62N8O7S. The molecule has 0 saturated carbocycles. The molecule has 3 aliphatic heterocycles. The summed E-state index contributed by atoms with van der Waals surface area (Å²) in [6.45, 7) is 16.6. The Morgan fingerprint density at radius 1 is 1.11 bits per heavy atom. The number of fused-ring (bicyclic) bond motifs is 1. The normalized spacial score (nSPS) is 19.4. The monoisotopic (exact) mass is 894 g/mol. The lowest BCUT2D eigenvalue weighted by molar-refractivity contribution is -0.146. The topological polar surface area (TPSA) is 168 Å². The number of methoxy groups -OCH3 is 1. The van der Waals surface area contributed by atoms with Gasteiger partial charge in [-0.2, -0.15) is 0 Å². The first-order valence-corrected chi connectivity index (χ1v) is 23.2. The van der Waals surface area contributed by atoms with Crippen LogP contribution in [0.3, 0.4) is 0 Å². The summed E-state index contributed by atoms with van der Waals surface area (Å²) >= 11 is 1.43. The predicted molar refractivity (Wildman–Crippen MR) is 246 cm³/mol. The number of carbonyl (C=O) groups excluding carboxylic acids is 5. The van der Waals surface area contributed by atoms with Crippen molar-refractivity contribution in [2.45, 2.75) is 91.3 Å². The van der Waals surface area contributed by atoms with Crippen molar-refractivity contribution in [1.29, 1.82) is 0 Å². The van der Waals surface area contributed by atoms with Crippen LogP contribution in [0.25, 0.3) is 33.4 Å². The Morgan fingerprint density at radius 3 is 2.59 bits per heavy atom. The third kappa shape index (κ3) is 9.36.